The highest BCUT2D eigenvalue weighted by Gasteiger charge is 2.42. The predicted molar refractivity (Wildman–Crippen MR) is 83.7 cm³/mol. The average molecular weight is 306 g/mol. The maximum absolute atomic E-state index is 12.7. The zero-order chi connectivity index (χ0) is 15.7. The summed E-state index contributed by atoms with van der Waals surface area (Å²) in [6.07, 6.45) is 5.99. The number of likely N-dealkylation sites (tertiary alicyclic amines) is 1. The lowest BCUT2D eigenvalue weighted by Crippen LogP contribution is -2.54. The summed E-state index contributed by atoms with van der Waals surface area (Å²) in [4.78, 5) is 14.5. The van der Waals surface area contributed by atoms with E-state index in [0.717, 1.165) is 31.4 Å². The van der Waals surface area contributed by atoms with E-state index in [2.05, 4.69) is 11.5 Å². The van der Waals surface area contributed by atoms with Crippen LogP contribution in [-0.2, 0) is 0 Å². The van der Waals surface area contributed by atoms with Gasteiger partial charge in [0.05, 0.1) is 12.7 Å². The van der Waals surface area contributed by atoms with Crippen molar-refractivity contribution in [3.63, 3.8) is 0 Å². The van der Waals surface area contributed by atoms with Crippen LogP contribution in [0.2, 0.25) is 0 Å². The van der Waals surface area contributed by atoms with Gasteiger partial charge < -0.3 is 19.7 Å². The van der Waals surface area contributed by atoms with Crippen LogP contribution in [0.4, 0.5) is 0 Å². The Morgan fingerprint density at radius 1 is 1.45 bits per heavy atom. The van der Waals surface area contributed by atoms with Gasteiger partial charge in [-0.1, -0.05) is 13.3 Å². The molecule has 1 aromatic rings. The molecular weight excluding hydrogens is 280 g/mol. The summed E-state index contributed by atoms with van der Waals surface area (Å²) in [5.74, 6) is -0.000937. The minimum atomic E-state index is -0.653. The highest BCUT2D eigenvalue weighted by molar-refractivity contribution is 5.93. The molecule has 5 heteroatoms. The molecule has 122 valence electrons. The number of piperidine rings is 1. The van der Waals surface area contributed by atoms with Gasteiger partial charge in [-0.15, -0.1) is 0 Å². The number of rotatable bonds is 5. The molecule has 1 aromatic heterocycles. The van der Waals surface area contributed by atoms with Crippen molar-refractivity contribution in [1.29, 1.82) is 0 Å². The largest absolute Gasteiger partial charge is 0.396 e. The molecule has 1 amide bonds. The van der Waals surface area contributed by atoms with Crippen LogP contribution in [0.1, 0.15) is 55.6 Å². The third-order valence-corrected chi connectivity index (χ3v) is 5.27. The van der Waals surface area contributed by atoms with Gasteiger partial charge in [-0.25, -0.2) is 0 Å². The van der Waals surface area contributed by atoms with Gasteiger partial charge in [-0.05, 0) is 37.8 Å². The summed E-state index contributed by atoms with van der Waals surface area (Å²) < 4.78 is 2.06. The average Bonchev–Trinajstić information content (AvgIpc) is 3.26. The Hall–Kier alpha value is -1.33. The van der Waals surface area contributed by atoms with Crippen molar-refractivity contribution in [2.75, 3.05) is 19.7 Å². The molecule has 0 spiro atoms. The zero-order valence-corrected chi connectivity index (χ0v) is 13.2. The van der Waals surface area contributed by atoms with E-state index in [-0.39, 0.29) is 12.5 Å². The smallest absolute Gasteiger partial charge is 0.270 e. The van der Waals surface area contributed by atoms with Gasteiger partial charge in [0.15, 0.2) is 0 Å². The molecule has 1 aliphatic heterocycles. The summed E-state index contributed by atoms with van der Waals surface area (Å²) in [7, 11) is 0. The molecule has 1 aliphatic carbocycles. The van der Waals surface area contributed by atoms with Crippen molar-refractivity contribution in [3.05, 3.63) is 24.0 Å². The van der Waals surface area contributed by atoms with E-state index in [1.54, 1.807) is 4.90 Å². The van der Waals surface area contributed by atoms with E-state index in [4.69, 9.17) is 0 Å². The van der Waals surface area contributed by atoms with Crippen LogP contribution in [0, 0.1) is 5.41 Å². The Morgan fingerprint density at radius 3 is 2.82 bits per heavy atom. The number of carbonyl (C=O) groups is 1. The Kier molecular flexibility index (Phi) is 4.28. The van der Waals surface area contributed by atoms with Crippen molar-refractivity contribution in [3.8, 4) is 0 Å². The highest BCUT2D eigenvalue weighted by Crippen LogP contribution is 2.38. The van der Waals surface area contributed by atoms with E-state index in [1.165, 1.54) is 0 Å². The first kappa shape index (κ1) is 15.6. The molecule has 3 rings (SSSR count). The molecule has 0 unspecified atom stereocenters. The Bertz CT molecular complexity index is 538. The fourth-order valence-electron chi connectivity index (χ4n) is 3.66. The molecule has 0 aromatic carbocycles. The minimum Gasteiger partial charge on any atom is -0.396 e. The minimum absolute atomic E-state index is 0.000937. The summed E-state index contributed by atoms with van der Waals surface area (Å²) in [5, 5.41) is 20.2. The standard InChI is InChI=1S/C17H26N2O3/c1-2-7-17(12-20)8-10-18(11-15(17)21)16(22)14-4-3-9-19(14)13-5-6-13/h3-4,9,13,15,20-21H,2,5-8,10-12H2,1H3/t15-,17+/m0/s1. The highest BCUT2D eigenvalue weighted by atomic mass is 16.3. The van der Waals surface area contributed by atoms with Gasteiger partial charge in [0.25, 0.3) is 5.91 Å². The maximum atomic E-state index is 12.7. The predicted octanol–water partition coefficient (Wildman–Crippen LogP) is 1.81. The summed E-state index contributed by atoms with van der Waals surface area (Å²) in [5.41, 5.74) is 0.283. The van der Waals surface area contributed by atoms with Crippen LogP contribution in [0.25, 0.3) is 0 Å². The number of amides is 1. The fourth-order valence-corrected chi connectivity index (χ4v) is 3.66. The topological polar surface area (TPSA) is 65.7 Å². The number of aromatic nitrogens is 1. The molecule has 0 bridgehead atoms. The Balaban J connectivity index is 1.72. The van der Waals surface area contributed by atoms with Gasteiger partial charge in [0, 0.05) is 30.7 Å². The van der Waals surface area contributed by atoms with Crippen LogP contribution in [0.15, 0.2) is 18.3 Å². The first-order valence-electron chi connectivity index (χ1n) is 8.36. The zero-order valence-electron chi connectivity index (χ0n) is 13.2. The Labute approximate surface area is 131 Å². The number of aliphatic hydroxyl groups is 2. The quantitative estimate of drug-likeness (QED) is 0.872. The second-order valence-electron chi connectivity index (χ2n) is 6.82. The normalized spacial score (nSPS) is 28.9. The monoisotopic (exact) mass is 306 g/mol. The summed E-state index contributed by atoms with van der Waals surface area (Å²) in [6.45, 7) is 2.97. The van der Waals surface area contributed by atoms with Crippen molar-refractivity contribution in [2.24, 2.45) is 5.41 Å². The maximum Gasteiger partial charge on any atom is 0.270 e. The van der Waals surface area contributed by atoms with E-state index in [0.29, 0.717) is 25.6 Å². The van der Waals surface area contributed by atoms with Crippen LogP contribution in [0.5, 0.6) is 0 Å². The van der Waals surface area contributed by atoms with E-state index in [1.807, 2.05) is 18.3 Å². The van der Waals surface area contributed by atoms with Gasteiger partial charge in [0.2, 0.25) is 0 Å². The molecule has 1 saturated heterocycles. The number of hydrogen-bond acceptors (Lipinski definition) is 3. The molecule has 2 aliphatic rings. The number of hydrogen-bond donors (Lipinski definition) is 2. The molecule has 2 atom stereocenters. The summed E-state index contributed by atoms with van der Waals surface area (Å²) in [6, 6.07) is 4.26. The second-order valence-corrected chi connectivity index (χ2v) is 6.82. The molecule has 0 radical (unpaired) electrons. The van der Waals surface area contributed by atoms with Crippen molar-refractivity contribution in [2.45, 2.75) is 51.2 Å². The van der Waals surface area contributed by atoms with E-state index < -0.39 is 11.5 Å². The molecule has 5 nitrogen and oxygen atoms in total. The SMILES string of the molecule is CCC[C@]1(CO)CCN(C(=O)c2cccn2C2CC2)C[C@@H]1O. The lowest BCUT2D eigenvalue weighted by atomic mass is 9.73. The Morgan fingerprint density at radius 2 is 2.23 bits per heavy atom. The molecule has 2 heterocycles. The van der Waals surface area contributed by atoms with E-state index in [9.17, 15) is 15.0 Å². The lowest BCUT2D eigenvalue weighted by molar-refractivity contribution is -0.0714. The summed E-state index contributed by atoms with van der Waals surface area (Å²) >= 11 is 0. The number of β-amino-alcohol motifs (C(OH)–C–C–N with tert-alkyl or cyclic N) is 1. The number of carbonyl (C=O) groups excluding carboxylic acids is 1. The third kappa shape index (κ3) is 2.68. The van der Waals surface area contributed by atoms with Gasteiger partial charge >= 0.3 is 0 Å². The van der Waals surface area contributed by atoms with Crippen LogP contribution in [0.3, 0.4) is 0 Å². The molecule has 2 fully saturated rings. The second kappa shape index (κ2) is 6.05. The van der Waals surface area contributed by atoms with Gasteiger partial charge in [-0.3, -0.25) is 4.79 Å². The molecule has 1 saturated carbocycles. The van der Waals surface area contributed by atoms with E-state index >= 15 is 0 Å². The third-order valence-electron chi connectivity index (χ3n) is 5.27. The van der Waals surface area contributed by atoms with Crippen LogP contribution in [-0.4, -0.2) is 51.4 Å². The lowest BCUT2D eigenvalue weighted by Gasteiger charge is -2.44. The fraction of sp³-hybridized carbons (Fsp3) is 0.706. The molecular formula is C17H26N2O3. The molecule has 22 heavy (non-hydrogen) atoms. The van der Waals surface area contributed by atoms with Crippen molar-refractivity contribution < 1.29 is 15.0 Å². The van der Waals surface area contributed by atoms with Gasteiger partial charge in [-0.2, -0.15) is 0 Å². The van der Waals surface area contributed by atoms with Gasteiger partial charge in [0.1, 0.15) is 5.69 Å². The number of aliphatic hydroxyl groups excluding tert-OH is 2. The van der Waals surface area contributed by atoms with Crippen molar-refractivity contribution >= 4 is 5.91 Å². The first-order chi connectivity index (χ1) is 10.6. The van der Waals surface area contributed by atoms with Crippen LogP contribution < -0.4 is 0 Å². The molecule has 2 N–H and O–H groups in total. The van der Waals surface area contributed by atoms with Crippen LogP contribution >= 0.6 is 0 Å². The first-order valence-corrected chi connectivity index (χ1v) is 8.36. The number of nitrogens with zero attached hydrogens (tertiary/aromatic N) is 2. The van der Waals surface area contributed by atoms with Crippen molar-refractivity contribution in [1.82, 2.24) is 9.47 Å².